The van der Waals surface area contributed by atoms with Crippen molar-refractivity contribution in [3.63, 3.8) is 0 Å². The molecule has 2 amide bonds. The fraction of sp³-hybridized carbons (Fsp3) is 0.889. The highest BCUT2D eigenvalue weighted by atomic mass is 32.2. The number of hydrogen-bond acceptors (Lipinski definition) is 3. The number of thioether (sulfide) groups is 1. The maximum atomic E-state index is 12.6. The average Bonchev–Trinajstić information content (AvgIpc) is 2.53. The topological polar surface area (TPSA) is 49.4 Å². The summed E-state index contributed by atoms with van der Waals surface area (Å²) in [5.74, 6) is 0.281. The fourth-order valence-corrected chi connectivity index (χ4v) is 4.49. The molecule has 5 heteroatoms. The molecule has 1 heterocycles. The van der Waals surface area contributed by atoms with Gasteiger partial charge in [-0.15, -0.1) is 0 Å². The molecule has 1 N–H and O–H groups in total. The number of rotatable bonds is 3. The molecule has 0 unspecified atom stereocenters. The lowest BCUT2D eigenvalue weighted by Gasteiger charge is -2.37. The molecule has 4 nitrogen and oxygen atoms in total. The van der Waals surface area contributed by atoms with E-state index in [1.807, 2.05) is 37.4 Å². The second-order valence-electron chi connectivity index (χ2n) is 8.07. The van der Waals surface area contributed by atoms with Gasteiger partial charge in [0.25, 0.3) is 0 Å². The summed E-state index contributed by atoms with van der Waals surface area (Å²) in [6, 6.07) is 0.322. The van der Waals surface area contributed by atoms with Gasteiger partial charge >= 0.3 is 0 Å². The molecule has 1 aliphatic carbocycles. The van der Waals surface area contributed by atoms with Gasteiger partial charge in [0.15, 0.2) is 0 Å². The molecule has 0 aromatic rings. The molecule has 0 aromatic heterocycles. The van der Waals surface area contributed by atoms with Crippen molar-refractivity contribution in [3.8, 4) is 0 Å². The van der Waals surface area contributed by atoms with Crippen LogP contribution >= 0.6 is 11.8 Å². The van der Waals surface area contributed by atoms with Gasteiger partial charge in [0.2, 0.25) is 11.8 Å². The van der Waals surface area contributed by atoms with Crippen molar-refractivity contribution in [2.75, 3.05) is 19.3 Å². The molecule has 0 aromatic carbocycles. The summed E-state index contributed by atoms with van der Waals surface area (Å²) < 4.78 is 0. The zero-order valence-electron chi connectivity index (χ0n) is 15.1. The highest BCUT2D eigenvalue weighted by Crippen LogP contribution is 2.28. The first-order chi connectivity index (χ1) is 10.8. The van der Waals surface area contributed by atoms with Gasteiger partial charge in [0.05, 0.1) is 5.92 Å². The van der Waals surface area contributed by atoms with Crippen molar-refractivity contribution < 1.29 is 9.59 Å². The summed E-state index contributed by atoms with van der Waals surface area (Å²) in [5, 5.41) is 3.94. The third-order valence-corrected chi connectivity index (χ3v) is 6.12. The van der Waals surface area contributed by atoms with Gasteiger partial charge in [-0.05, 0) is 38.4 Å². The van der Waals surface area contributed by atoms with Crippen LogP contribution in [0.15, 0.2) is 0 Å². The molecule has 132 valence electrons. The van der Waals surface area contributed by atoms with Crippen LogP contribution < -0.4 is 5.32 Å². The Morgan fingerprint density at radius 1 is 1.13 bits per heavy atom. The van der Waals surface area contributed by atoms with Gasteiger partial charge in [-0.25, -0.2) is 0 Å². The fourth-order valence-electron chi connectivity index (χ4n) is 3.66. The van der Waals surface area contributed by atoms with Crippen LogP contribution in [0.25, 0.3) is 0 Å². The van der Waals surface area contributed by atoms with E-state index in [0.717, 1.165) is 32.2 Å². The molecule has 2 rings (SSSR count). The Hall–Kier alpha value is -0.710. The zero-order chi connectivity index (χ0) is 17.0. The lowest BCUT2D eigenvalue weighted by Crippen LogP contribution is -2.50. The van der Waals surface area contributed by atoms with Gasteiger partial charge in [-0.1, -0.05) is 27.2 Å². The first-order valence-corrected chi connectivity index (χ1v) is 10.2. The van der Waals surface area contributed by atoms with E-state index >= 15 is 0 Å². The van der Waals surface area contributed by atoms with E-state index in [1.54, 1.807) is 0 Å². The molecule has 3 atom stereocenters. The highest BCUT2D eigenvalue weighted by molar-refractivity contribution is 7.99. The molecule has 2 fully saturated rings. The van der Waals surface area contributed by atoms with Crippen LogP contribution in [-0.2, 0) is 9.59 Å². The molecule has 1 saturated heterocycles. The predicted octanol–water partition coefficient (Wildman–Crippen LogP) is 3.06. The monoisotopic (exact) mass is 340 g/mol. The number of carbonyl (C=O) groups is 2. The van der Waals surface area contributed by atoms with Crippen LogP contribution in [0.4, 0.5) is 0 Å². The first-order valence-electron chi connectivity index (χ1n) is 8.94. The van der Waals surface area contributed by atoms with Crippen LogP contribution in [0.5, 0.6) is 0 Å². The van der Waals surface area contributed by atoms with Crippen molar-refractivity contribution in [3.05, 3.63) is 0 Å². The lowest BCUT2D eigenvalue weighted by atomic mass is 9.90. The molecule has 0 radical (unpaired) electrons. The first kappa shape index (κ1) is 18.6. The van der Waals surface area contributed by atoms with Crippen molar-refractivity contribution >= 4 is 23.6 Å². The average molecular weight is 341 g/mol. The molecule has 1 aliphatic heterocycles. The SMILES string of the molecule is CS[C@@H]1CCC[C@@H](NC(=O)[C@@H]2CCCN(C(=O)C(C)(C)C)C2)C1. The van der Waals surface area contributed by atoms with Gasteiger partial charge < -0.3 is 10.2 Å². The minimum Gasteiger partial charge on any atom is -0.353 e. The van der Waals surface area contributed by atoms with E-state index in [1.165, 1.54) is 12.8 Å². The molecule has 1 saturated carbocycles. The molecular weight excluding hydrogens is 308 g/mol. The van der Waals surface area contributed by atoms with Crippen LogP contribution in [0, 0.1) is 11.3 Å². The smallest absolute Gasteiger partial charge is 0.227 e. The largest absolute Gasteiger partial charge is 0.353 e. The summed E-state index contributed by atoms with van der Waals surface area (Å²) >= 11 is 1.92. The number of amides is 2. The van der Waals surface area contributed by atoms with E-state index in [0.29, 0.717) is 17.8 Å². The van der Waals surface area contributed by atoms with Crippen molar-refractivity contribution in [2.24, 2.45) is 11.3 Å². The third kappa shape index (κ3) is 5.13. The van der Waals surface area contributed by atoms with E-state index in [9.17, 15) is 9.59 Å². The Kier molecular flexibility index (Phi) is 6.40. The van der Waals surface area contributed by atoms with Gasteiger partial charge in [-0.2, -0.15) is 11.8 Å². The number of carbonyl (C=O) groups excluding carboxylic acids is 2. The summed E-state index contributed by atoms with van der Waals surface area (Å²) in [6.07, 6.45) is 8.65. The van der Waals surface area contributed by atoms with Crippen LogP contribution in [0.1, 0.15) is 59.3 Å². The maximum Gasteiger partial charge on any atom is 0.227 e. The van der Waals surface area contributed by atoms with Crippen LogP contribution in [0.2, 0.25) is 0 Å². The summed E-state index contributed by atoms with van der Waals surface area (Å²) in [4.78, 5) is 27.0. The van der Waals surface area contributed by atoms with Gasteiger partial charge in [0, 0.05) is 29.8 Å². The highest BCUT2D eigenvalue weighted by Gasteiger charge is 2.34. The minimum absolute atomic E-state index is 0.0373. The lowest BCUT2D eigenvalue weighted by molar-refractivity contribution is -0.142. The van der Waals surface area contributed by atoms with Gasteiger partial charge in [0.1, 0.15) is 0 Å². The Balaban J connectivity index is 1.88. The predicted molar refractivity (Wildman–Crippen MR) is 96.5 cm³/mol. The van der Waals surface area contributed by atoms with Crippen molar-refractivity contribution in [1.29, 1.82) is 0 Å². The standard InChI is InChI=1S/C18H32N2O2S/c1-18(2,3)17(22)20-10-6-7-13(12-20)16(21)19-14-8-5-9-15(11-14)23-4/h13-15H,5-12H2,1-4H3,(H,19,21)/t13-,14-,15-/m1/s1. The molecular formula is C18H32N2O2S. The maximum absolute atomic E-state index is 12.6. The number of likely N-dealkylation sites (tertiary alicyclic amines) is 1. The van der Waals surface area contributed by atoms with Crippen LogP contribution in [0.3, 0.4) is 0 Å². The van der Waals surface area contributed by atoms with E-state index in [4.69, 9.17) is 0 Å². The summed E-state index contributed by atoms with van der Waals surface area (Å²) in [7, 11) is 0. The van der Waals surface area contributed by atoms with Gasteiger partial charge in [-0.3, -0.25) is 9.59 Å². The number of hydrogen-bond donors (Lipinski definition) is 1. The number of piperidine rings is 1. The second kappa shape index (κ2) is 7.91. The van der Waals surface area contributed by atoms with Crippen LogP contribution in [-0.4, -0.2) is 47.4 Å². The van der Waals surface area contributed by atoms with E-state index in [-0.39, 0.29) is 23.1 Å². The Morgan fingerprint density at radius 3 is 2.52 bits per heavy atom. The molecule has 23 heavy (non-hydrogen) atoms. The van der Waals surface area contributed by atoms with Crippen molar-refractivity contribution in [1.82, 2.24) is 10.2 Å². The van der Waals surface area contributed by atoms with Crippen molar-refractivity contribution in [2.45, 2.75) is 70.6 Å². The Bertz CT molecular complexity index is 433. The zero-order valence-corrected chi connectivity index (χ0v) is 15.9. The molecule has 0 bridgehead atoms. The summed E-state index contributed by atoms with van der Waals surface area (Å²) in [5.41, 5.74) is -0.368. The normalized spacial score (nSPS) is 29.2. The van der Waals surface area contributed by atoms with E-state index in [2.05, 4.69) is 11.6 Å². The molecule has 2 aliphatic rings. The Labute approximate surface area is 145 Å². The Morgan fingerprint density at radius 2 is 1.87 bits per heavy atom. The third-order valence-electron chi connectivity index (χ3n) is 5.03. The summed E-state index contributed by atoms with van der Waals surface area (Å²) in [6.45, 7) is 7.22. The quantitative estimate of drug-likeness (QED) is 0.859. The second-order valence-corrected chi connectivity index (χ2v) is 9.21. The molecule has 0 spiro atoms. The van der Waals surface area contributed by atoms with E-state index < -0.39 is 0 Å². The number of nitrogens with one attached hydrogen (secondary N) is 1. The minimum atomic E-state index is -0.368. The number of nitrogens with zero attached hydrogens (tertiary/aromatic N) is 1.